The third-order valence-electron chi connectivity index (χ3n) is 16.5. The molecule has 6 aromatic rings. The molecular weight excluding hydrogens is 1080 g/mol. The van der Waals surface area contributed by atoms with Gasteiger partial charge in [0, 0.05) is 107 Å². The van der Waals surface area contributed by atoms with Crippen molar-refractivity contribution >= 4 is 80.5 Å². The van der Waals surface area contributed by atoms with Crippen molar-refractivity contribution in [3.05, 3.63) is 89.8 Å². The van der Waals surface area contributed by atoms with Gasteiger partial charge in [-0.05, 0) is 105 Å². The molecule has 9 rings (SSSR count). The molecule has 6 amide bonds. The van der Waals surface area contributed by atoms with Crippen molar-refractivity contribution in [2.45, 2.75) is 115 Å². The van der Waals surface area contributed by atoms with Crippen LogP contribution in [0.25, 0.3) is 32.9 Å². The van der Waals surface area contributed by atoms with E-state index in [2.05, 4.69) is 47.8 Å². The summed E-state index contributed by atoms with van der Waals surface area (Å²) in [5, 5.41) is 19.3. The van der Waals surface area contributed by atoms with E-state index in [4.69, 9.17) is 15.8 Å². The number of nitrogens with two attached hydrogens (primary N) is 1. The molecule has 0 bridgehead atoms. The van der Waals surface area contributed by atoms with E-state index in [9.17, 15) is 33.6 Å². The van der Waals surface area contributed by atoms with Crippen LogP contribution in [0.5, 0.6) is 0 Å². The number of aryl methyl sites for hydroxylation is 1. The van der Waals surface area contributed by atoms with E-state index in [0.717, 1.165) is 101 Å². The Morgan fingerprint density at radius 2 is 1.44 bits per heavy atom. The second-order valence-electron chi connectivity index (χ2n) is 22.3. The number of carbonyl (C=O) groups is 7. The molecule has 3 saturated heterocycles. The van der Waals surface area contributed by atoms with E-state index in [-0.39, 0.29) is 61.8 Å². The molecule has 0 aliphatic carbocycles. The quantitative estimate of drug-likeness (QED) is 0.0375. The van der Waals surface area contributed by atoms with Crippen molar-refractivity contribution in [1.82, 2.24) is 54.9 Å². The lowest BCUT2D eigenvalue weighted by Crippen LogP contribution is -2.41. The van der Waals surface area contributed by atoms with Gasteiger partial charge in [0.05, 0.1) is 42.8 Å². The number of amides is 6. The highest BCUT2D eigenvalue weighted by molar-refractivity contribution is 6.00. The van der Waals surface area contributed by atoms with Gasteiger partial charge in [-0.25, -0.2) is 14.4 Å². The molecule has 22 nitrogen and oxygen atoms in total. The predicted molar refractivity (Wildman–Crippen MR) is 315 cm³/mol. The Hall–Kier alpha value is -8.50. The number of nitrogens with one attached hydrogen (secondary N) is 3. The molecule has 0 atom stereocenters. The van der Waals surface area contributed by atoms with Gasteiger partial charge in [-0.2, -0.15) is 10.2 Å². The zero-order valence-corrected chi connectivity index (χ0v) is 48.4. The van der Waals surface area contributed by atoms with Gasteiger partial charge < -0.3 is 46.0 Å². The number of nitrogens with zero attached hydrogens (tertiary/aromatic N) is 10. The minimum Gasteiger partial charge on any atom is -0.468 e. The molecule has 84 heavy (non-hydrogen) atoms. The first kappa shape index (κ1) is 60.1. The number of primary amides is 1. The molecule has 446 valence electrons. The average molecular weight is 1150 g/mol. The zero-order valence-electron chi connectivity index (χ0n) is 48.4. The van der Waals surface area contributed by atoms with Crippen LogP contribution >= 0.6 is 0 Å². The number of ether oxygens (including phenoxy) is 1. The smallest absolute Gasteiger partial charge is 0.325 e. The molecule has 3 fully saturated rings. The van der Waals surface area contributed by atoms with E-state index in [1.165, 1.54) is 37.1 Å². The van der Waals surface area contributed by atoms with E-state index in [1.54, 1.807) is 45.8 Å². The van der Waals surface area contributed by atoms with Crippen molar-refractivity contribution in [2.75, 3.05) is 83.3 Å². The monoisotopic (exact) mass is 1150 g/mol. The Bertz CT molecular complexity index is 3340. The number of anilines is 3. The number of hydrogen-bond acceptors (Lipinski definition) is 14. The molecule has 6 heterocycles. The van der Waals surface area contributed by atoms with Crippen LogP contribution in [0.1, 0.15) is 130 Å². The number of benzene rings is 3. The van der Waals surface area contributed by atoms with Gasteiger partial charge in [-0.15, -0.1) is 0 Å². The van der Waals surface area contributed by atoms with Gasteiger partial charge >= 0.3 is 5.97 Å². The number of halogens is 1. The van der Waals surface area contributed by atoms with Gasteiger partial charge in [-0.1, -0.05) is 43.5 Å². The summed E-state index contributed by atoms with van der Waals surface area (Å²) in [4.78, 5) is 106. The molecule has 0 spiro atoms. The third kappa shape index (κ3) is 15.0. The molecule has 5 N–H and O–H groups in total. The van der Waals surface area contributed by atoms with E-state index < -0.39 is 29.5 Å². The number of piperidine rings is 3. The zero-order chi connectivity index (χ0) is 59.3. The van der Waals surface area contributed by atoms with Gasteiger partial charge in [0.2, 0.25) is 29.5 Å². The summed E-state index contributed by atoms with van der Waals surface area (Å²) < 4.78 is 23.9. The number of methoxy groups -OCH3 is 1. The molecule has 0 saturated carbocycles. The summed E-state index contributed by atoms with van der Waals surface area (Å²) in [6, 6.07) is 16.8. The largest absolute Gasteiger partial charge is 0.468 e. The lowest BCUT2D eigenvalue weighted by Gasteiger charge is -2.32. The fourth-order valence-electron chi connectivity index (χ4n) is 11.7. The van der Waals surface area contributed by atoms with Crippen molar-refractivity contribution in [2.24, 2.45) is 12.8 Å². The van der Waals surface area contributed by atoms with E-state index in [1.807, 2.05) is 29.2 Å². The van der Waals surface area contributed by atoms with Crippen molar-refractivity contribution < 1.29 is 42.7 Å². The molecule has 3 aromatic heterocycles. The van der Waals surface area contributed by atoms with Crippen LogP contribution < -0.4 is 26.6 Å². The maximum atomic E-state index is 16.0. The van der Waals surface area contributed by atoms with Crippen LogP contribution in [0.3, 0.4) is 0 Å². The van der Waals surface area contributed by atoms with Gasteiger partial charge in [0.15, 0.2) is 11.5 Å². The SMILES string of the molecule is COC(=O)CNC(=O)CN(C)C(=O)Cn1nc(C2CCN(C(=O)CCC(=O)NCCCCCCCC(=O)N3CCC(c4ccc(Nc5nc(N6CCCCC6)cnc5C(N)=O)cc4)CC3)CC2)c2c(-c3cc4c(cnn4C)cc3F)cccc21. The number of aromatic nitrogens is 6. The summed E-state index contributed by atoms with van der Waals surface area (Å²) in [5.41, 5.74) is 10.7. The van der Waals surface area contributed by atoms with Crippen molar-refractivity contribution in [3.8, 4) is 11.1 Å². The van der Waals surface area contributed by atoms with E-state index >= 15 is 4.39 Å². The summed E-state index contributed by atoms with van der Waals surface area (Å²) in [6.45, 7) is 3.75. The Morgan fingerprint density at radius 3 is 2.15 bits per heavy atom. The number of unbranched alkanes of at least 4 members (excludes halogenated alkanes) is 4. The minimum atomic E-state index is -0.639. The minimum absolute atomic E-state index is 0.0766. The molecule has 3 aromatic carbocycles. The number of esters is 1. The number of carbonyl (C=O) groups excluding carboxylic acids is 7. The number of fused-ring (bicyclic) bond motifs is 2. The Balaban J connectivity index is 0.676. The fourth-order valence-corrected chi connectivity index (χ4v) is 11.7. The molecular formula is C61H77FN14O8. The van der Waals surface area contributed by atoms with Crippen LogP contribution in [0.15, 0.2) is 67.0 Å². The van der Waals surface area contributed by atoms with Crippen LogP contribution in [0, 0.1) is 5.82 Å². The number of likely N-dealkylation sites (tertiary alicyclic amines) is 2. The summed E-state index contributed by atoms with van der Waals surface area (Å²) in [5.74, 6) is -1.48. The van der Waals surface area contributed by atoms with Crippen LogP contribution in [-0.2, 0) is 47.1 Å². The number of rotatable bonds is 24. The maximum absolute atomic E-state index is 16.0. The average Bonchev–Trinajstić information content (AvgIpc) is 4.20. The van der Waals surface area contributed by atoms with Crippen LogP contribution in [0.2, 0.25) is 0 Å². The van der Waals surface area contributed by atoms with Crippen molar-refractivity contribution in [3.63, 3.8) is 0 Å². The first-order valence-electron chi connectivity index (χ1n) is 29.4. The highest BCUT2D eigenvalue weighted by Gasteiger charge is 2.31. The Kier molecular flexibility index (Phi) is 20.2. The second-order valence-corrected chi connectivity index (χ2v) is 22.3. The van der Waals surface area contributed by atoms with Gasteiger partial charge in [-0.3, -0.25) is 42.9 Å². The lowest BCUT2D eigenvalue weighted by atomic mass is 9.88. The normalized spacial score (nSPS) is 15.1. The first-order chi connectivity index (χ1) is 40.6. The highest BCUT2D eigenvalue weighted by Crippen LogP contribution is 2.40. The number of hydrogen-bond donors (Lipinski definition) is 4. The standard InChI is InChI=1S/C61H77FN14O8/c1-71(38-52(78)65-37-56(82)84-3)55(81)39-76-48-14-12-13-45(46-34-49-43(33-47(46)62)35-67-72(49)2)57(48)58(70-76)42-24-31-75(32-25-42)54(80)21-20-51(77)64-26-9-6-4-5-8-15-53(79)74-29-22-41(23-30-74)40-16-18-44(19-17-40)68-61-59(60(63)83)66-36-50(69-61)73-27-10-7-11-28-73/h12-14,16-19,33-36,41-42H,4-11,15,20-32,37-39H2,1-3H3,(H2,63,83)(H,64,77)(H,65,78)(H,68,69). The Labute approximate surface area is 488 Å². The maximum Gasteiger partial charge on any atom is 0.325 e. The van der Waals surface area contributed by atoms with Crippen molar-refractivity contribution in [1.29, 1.82) is 0 Å². The summed E-state index contributed by atoms with van der Waals surface area (Å²) in [7, 11) is 4.48. The van der Waals surface area contributed by atoms with Gasteiger partial charge in [0.1, 0.15) is 24.7 Å². The highest BCUT2D eigenvalue weighted by atomic mass is 19.1. The Morgan fingerprint density at radius 1 is 0.750 bits per heavy atom. The second kappa shape index (κ2) is 28.2. The molecule has 3 aliphatic rings. The first-order valence-corrected chi connectivity index (χ1v) is 29.4. The topological polar surface area (TPSA) is 265 Å². The molecule has 0 radical (unpaired) electrons. The number of likely N-dealkylation sites (N-methyl/N-ethyl adjacent to an activating group) is 1. The van der Waals surface area contributed by atoms with Crippen LogP contribution in [-0.4, -0.2) is 159 Å². The van der Waals surface area contributed by atoms with Crippen LogP contribution in [0.4, 0.5) is 21.7 Å². The third-order valence-corrected chi connectivity index (χ3v) is 16.5. The fraction of sp³-hybridized carbons (Fsp3) is 0.492. The van der Waals surface area contributed by atoms with Gasteiger partial charge in [0.25, 0.3) is 5.91 Å². The lowest BCUT2D eigenvalue weighted by molar-refractivity contribution is -0.141. The molecule has 0 unspecified atom stereocenters. The molecule has 23 heteroatoms. The summed E-state index contributed by atoms with van der Waals surface area (Å²) >= 11 is 0. The summed E-state index contributed by atoms with van der Waals surface area (Å²) in [6.07, 6.45) is 14.6. The van der Waals surface area contributed by atoms with E-state index in [0.29, 0.717) is 83.7 Å². The predicted octanol–water partition coefficient (Wildman–Crippen LogP) is 6.45. The molecule has 3 aliphatic heterocycles.